The fourth-order valence-electron chi connectivity index (χ4n) is 4.25. The van der Waals surface area contributed by atoms with Crippen molar-refractivity contribution in [1.29, 1.82) is 0 Å². The minimum absolute atomic E-state index is 0.141. The number of phosphoric ester groups is 1. The Morgan fingerprint density at radius 1 is 1.28 bits per heavy atom. The predicted octanol–water partition coefficient (Wildman–Crippen LogP) is 6.74. The maximum Gasteiger partial charge on any atom is 0.473 e. The van der Waals surface area contributed by atoms with Gasteiger partial charge in [0.1, 0.15) is 11.5 Å². The summed E-state index contributed by atoms with van der Waals surface area (Å²) in [4.78, 5) is 22.5. The van der Waals surface area contributed by atoms with Crippen LogP contribution in [0.3, 0.4) is 0 Å². The van der Waals surface area contributed by atoms with E-state index in [2.05, 4.69) is 15.6 Å². The fourth-order valence-corrected chi connectivity index (χ4v) is 5.30. The highest BCUT2D eigenvalue weighted by Crippen LogP contribution is 2.50. The number of aromatic hydroxyl groups is 1. The average molecular weight is 535 g/mol. The van der Waals surface area contributed by atoms with Crippen molar-refractivity contribution in [3.63, 3.8) is 0 Å². The zero-order valence-electron chi connectivity index (χ0n) is 21.1. The monoisotopic (exact) mass is 534 g/mol. The number of ether oxygens (including phenoxy) is 1. The smallest absolute Gasteiger partial charge is 0.473 e. The van der Waals surface area contributed by atoms with Crippen molar-refractivity contribution < 1.29 is 46.3 Å². The van der Waals surface area contributed by atoms with E-state index in [4.69, 9.17) is 4.74 Å². The molecule has 0 heterocycles. The molecule has 0 aliphatic heterocycles. The highest BCUT2D eigenvalue weighted by Gasteiger charge is 2.52. The molecule has 1 aromatic carbocycles. The van der Waals surface area contributed by atoms with E-state index in [0.29, 0.717) is 24.8 Å². The van der Waals surface area contributed by atoms with Crippen LogP contribution in [0.2, 0.25) is 0 Å². The lowest BCUT2D eigenvalue weighted by Crippen LogP contribution is -2.41. The third kappa shape index (κ3) is 7.93. The first-order chi connectivity index (χ1) is 16.6. The number of carbonyl (C=O) groups is 1. The Morgan fingerprint density at radius 2 is 1.92 bits per heavy atom. The van der Waals surface area contributed by atoms with Crippen LogP contribution in [-0.4, -0.2) is 34.4 Å². The molecule has 0 spiro atoms. The van der Waals surface area contributed by atoms with E-state index in [-0.39, 0.29) is 23.0 Å². The Labute approximate surface area is 209 Å². The Morgan fingerprint density at radius 3 is 2.44 bits per heavy atom. The van der Waals surface area contributed by atoms with Crippen LogP contribution in [-0.2, 0) is 24.8 Å². The first-order valence-electron chi connectivity index (χ1n) is 11.7. The van der Waals surface area contributed by atoms with Crippen molar-refractivity contribution in [2.45, 2.75) is 84.6 Å². The zero-order chi connectivity index (χ0) is 27.4. The molecule has 2 N–H and O–H groups in total. The van der Waals surface area contributed by atoms with Gasteiger partial charge in [0.25, 0.3) is 6.10 Å². The molecule has 7 nitrogen and oxygen atoms in total. The van der Waals surface area contributed by atoms with Crippen LogP contribution in [0.5, 0.6) is 11.5 Å². The van der Waals surface area contributed by atoms with Crippen molar-refractivity contribution in [2.24, 2.45) is 5.92 Å². The predicted molar refractivity (Wildman–Crippen MR) is 129 cm³/mol. The standard InChI is InChI=1S/C25H34F3O7P/c1-7-8-17-12-20(29)22(19-11-16(6)9-10-18(19)14(2)3)21(13-17)33-24(30)23(25(26,27)28)35-36(31,32)34-15(4)5/h11-13,15,18-19,23,29H,2,7-10H2,1,3-6H3,(H,31,32)/t18-,19+,23?/m0/s1. The second-order valence-electron chi connectivity index (χ2n) is 9.38. The number of phenolic OH excluding ortho intramolecular Hbond substituents is 1. The van der Waals surface area contributed by atoms with Gasteiger partial charge >= 0.3 is 20.0 Å². The summed E-state index contributed by atoms with van der Waals surface area (Å²) < 4.78 is 67.1. The second-order valence-corrected chi connectivity index (χ2v) is 10.7. The van der Waals surface area contributed by atoms with Gasteiger partial charge in [0.2, 0.25) is 0 Å². The van der Waals surface area contributed by atoms with E-state index >= 15 is 0 Å². The van der Waals surface area contributed by atoms with Crippen LogP contribution >= 0.6 is 7.82 Å². The average Bonchev–Trinajstić information content (AvgIpc) is 2.70. The number of halogens is 3. The minimum Gasteiger partial charge on any atom is -0.507 e. The van der Waals surface area contributed by atoms with Crippen LogP contribution in [0.25, 0.3) is 0 Å². The van der Waals surface area contributed by atoms with E-state index in [1.807, 2.05) is 26.8 Å². The van der Waals surface area contributed by atoms with Crippen LogP contribution in [0.4, 0.5) is 13.2 Å². The molecule has 0 saturated heterocycles. The molecule has 11 heteroatoms. The second kappa shape index (κ2) is 11.9. The summed E-state index contributed by atoms with van der Waals surface area (Å²) >= 11 is 0. The number of esters is 1. The summed E-state index contributed by atoms with van der Waals surface area (Å²) in [6.07, 6.45) is -5.22. The number of allylic oxidation sites excluding steroid dienone is 3. The number of phenols is 1. The molecule has 2 unspecified atom stereocenters. The van der Waals surface area contributed by atoms with Gasteiger partial charge < -0.3 is 14.7 Å². The molecular formula is C25H34F3O7P. The van der Waals surface area contributed by atoms with Gasteiger partial charge in [-0.1, -0.05) is 37.1 Å². The fraction of sp³-hybridized carbons (Fsp3) is 0.560. The van der Waals surface area contributed by atoms with E-state index < -0.39 is 38.1 Å². The lowest BCUT2D eigenvalue weighted by atomic mass is 9.73. The third-order valence-electron chi connectivity index (χ3n) is 5.74. The Hall–Kier alpha value is -2.13. The van der Waals surface area contributed by atoms with Gasteiger partial charge in [-0.2, -0.15) is 13.2 Å². The Kier molecular flexibility index (Phi) is 9.99. The van der Waals surface area contributed by atoms with Crippen molar-refractivity contribution in [1.82, 2.24) is 0 Å². The first-order valence-corrected chi connectivity index (χ1v) is 13.2. The van der Waals surface area contributed by atoms with Gasteiger partial charge in [-0.05, 0) is 70.6 Å². The number of alkyl halides is 3. The number of rotatable bonds is 10. The molecule has 4 atom stereocenters. The highest BCUT2D eigenvalue weighted by atomic mass is 31.2. The molecule has 1 aromatic rings. The molecule has 1 aliphatic rings. The maximum absolute atomic E-state index is 13.7. The molecule has 0 fully saturated rings. The summed E-state index contributed by atoms with van der Waals surface area (Å²) in [5.74, 6) is -3.12. The van der Waals surface area contributed by atoms with Gasteiger partial charge in [0.05, 0.1) is 6.10 Å². The number of aryl methyl sites for hydroxylation is 1. The number of benzene rings is 1. The summed E-state index contributed by atoms with van der Waals surface area (Å²) in [6, 6.07) is 2.90. The van der Waals surface area contributed by atoms with Crippen molar-refractivity contribution in [3.05, 3.63) is 47.1 Å². The van der Waals surface area contributed by atoms with E-state index in [9.17, 15) is 32.5 Å². The number of hydrogen-bond donors (Lipinski definition) is 2. The van der Waals surface area contributed by atoms with Crippen LogP contribution in [0.15, 0.2) is 35.9 Å². The largest absolute Gasteiger partial charge is 0.507 e. The zero-order valence-corrected chi connectivity index (χ0v) is 22.0. The lowest BCUT2D eigenvalue weighted by molar-refractivity contribution is -0.210. The highest BCUT2D eigenvalue weighted by molar-refractivity contribution is 7.47. The molecule has 0 bridgehead atoms. The molecule has 202 valence electrons. The number of carbonyl (C=O) groups excluding carboxylic acids is 1. The van der Waals surface area contributed by atoms with Crippen molar-refractivity contribution in [3.8, 4) is 11.5 Å². The van der Waals surface area contributed by atoms with E-state index in [1.54, 1.807) is 0 Å². The topological polar surface area (TPSA) is 102 Å². The van der Waals surface area contributed by atoms with Gasteiger partial charge in [-0.15, -0.1) is 0 Å². The summed E-state index contributed by atoms with van der Waals surface area (Å²) in [5, 5.41) is 10.9. The molecule has 0 amide bonds. The molecular weight excluding hydrogens is 500 g/mol. The van der Waals surface area contributed by atoms with Gasteiger partial charge in [-0.3, -0.25) is 9.05 Å². The summed E-state index contributed by atoms with van der Waals surface area (Å²) in [6.45, 7) is 12.2. The normalized spacial score (nSPS) is 21.0. The van der Waals surface area contributed by atoms with Crippen LogP contribution in [0.1, 0.15) is 70.9 Å². The maximum atomic E-state index is 13.7. The minimum atomic E-state index is -5.37. The molecule has 1 aliphatic carbocycles. The van der Waals surface area contributed by atoms with E-state index in [0.717, 1.165) is 17.6 Å². The molecule has 0 saturated carbocycles. The molecule has 0 radical (unpaired) electrons. The number of hydrogen-bond acceptors (Lipinski definition) is 6. The van der Waals surface area contributed by atoms with Crippen LogP contribution < -0.4 is 4.74 Å². The summed E-state index contributed by atoms with van der Waals surface area (Å²) in [5.41, 5.74) is 2.50. The molecule has 0 aromatic heterocycles. The SMILES string of the molecule is C=C(C)[C@@H]1CCC(C)=C[C@H]1c1c(O)cc(CCC)cc1OC(=O)C(OP(=O)(O)OC(C)C)C(F)(F)F. The van der Waals surface area contributed by atoms with Gasteiger partial charge in [-0.25, -0.2) is 9.36 Å². The van der Waals surface area contributed by atoms with Crippen molar-refractivity contribution >= 4 is 13.8 Å². The lowest BCUT2D eigenvalue weighted by Gasteiger charge is -2.32. The Balaban J connectivity index is 2.57. The molecule has 2 rings (SSSR count). The number of phosphoric acid groups is 1. The molecule has 36 heavy (non-hydrogen) atoms. The van der Waals surface area contributed by atoms with Gasteiger partial charge in [0, 0.05) is 11.5 Å². The van der Waals surface area contributed by atoms with E-state index in [1.165, 1.54) is 26.0 Å². The van der Waals surface area contributed by atoms with Gasteiger partial charge in [0.15, 0.2) is 0 Å². The Bertz CT molecular complexity index is 1050. The third-order valence-corrected chi connectivity index (χ3v) is 6.90. The van der Waals surface area contributed by atoms with Crippen LogP contribution in [0, 0.1) is 5.92 Å². The first kappa shape index (κ1) is 30.1. The summed E-state index contributed by atoms with van der Waals surface area (Å²) in [7, 11) is -5.25. The quantitative estimate of drug-likeness (QED) is 0.148. The van der Waals surface area contributed by atoms with Crippen molar-refractivity contribution in [2.75, 3.05) is 0 Å².